The molecule has 3 heterocycles. The Bertz CT molecular complexity index is 627. The number of aliphatic hydroxyl groups is 1. The zero-order chi connectivity index (χ0) is 17.8. The standard InChI is InChI=1S/C16H25N5O3S/c1-11-8-12-13(9-18-11)25-15(19-12)16(24)21-5-3-20(4-6-21)10-14(23)17-2-7-22/h11,18,22H,2-10H2,1H3,(H,17,23). The normalized spacial score (nSPS) is 21.0. The van der Waals surface area contributed by atoms with Crippen LogP contribution in [0.1, 0.15) is 27.3 Å². The lowest BCUT2D eigenvalue weighted by Crippen LogP contribution is -2.51. The summed E-state index contributed by atoms with van der Waals surface area (Å²) in [6, 6.07) is 0.401. The van der Waals surface area contributed by atoms with E-state index in [9.17, 15) is 9.59 Å². The second kappa shape index (κ2) is 8.22. The molecule has 0 radical (unpaired) electrons. The maximum Gasteiger partial charge on any atom is 0.282 e. The van der Waals surface area contributed by atoms with Gasteiger partial charge in [0, 0.05) is 56.6 Å². The van der Waals surface area contributed by atoms with Gasteiger partial charge in [-0.25, -0.2) is 4.98 Å². The maximum atomic E-state index is 12.7. The summed E-state index contributed by atoms with van der Waals surface area (Å²) in [5, 5.41) is 15.3. The van der Waals surface area contributed by atoms with Crippen LogP contribution in [0.4, 0.5) is 0 Å². The van der Waals surface area contributed by atoms with Crippen LogP contribution in [0.2, 0.25) is 0 Å². The van der Waals surface area contributed by atoms with Gasteiger partial charge in [0.1, 0.15) is 0 Å². The Kier molecular flexibility index (Phi) is 6.00. The monoisotopic (exact) mass is 367 g/mol. The predicted octanol–water partition coefficient (Wildman–Crippen LogP) is -0.956. The van der Waals surface area contributed by atoms with E-state index in [0.717, 1.165) is 18.7 Å². The minimum atomic E-state index is -0.0944. The first kappa shape index (κ1) is 18.2. The number of thiazole rings is 1. The lowest BCUT2D eigenvalue weighted by molar-refractivity contribution is -0.122. The summed E-state index contributed by atoms with van der Waals surface area (Å²) in [6.07, 6.45) is 0.871. The molecule has 9 heteroatoms. The zero-order valence-corrected chi connectivity index (χ0v) is 15.3. The number of aromatic nitrogens is 1. The number of hydrogen-bond acceptors (Lipinski definition) is 7. The van der Waals surface area contributed by atoms with E-state index in [4.69, 9.17) is 5.11 Å². The third-order valence-corrected chi connectivity index (χ3v) is 5.62. The Morgan fingerprint density at radius 1 is 1.36 bits per heavy atom. The lowest BCUT2D eigenvalue weighted by atomic mass is 10.1. The largest absolute Gasteiger partial charge is 0.395 e. The van der Waals surface area contributed by atoms with E-state index < -0.39 is 0 Å². The second-order valence-corrected chi connectivity index (χ2v) is 7.60. The minimum Gasteiger partial charge on any atom is -0.395 e. The van der Waals surface area contributed by atoms with Crippen molar-refractivity contribution in [3.05, 3.63) is 15.6 Å². The second-order valence-electron chi connectivity index (χ2n) is 6.52. The highest BCUT2D eigenvalue weighted by Crippen LogP contribution is 2.24. The molecule has 1 aromatic rings. The van der Waals surface area contributed by atoms with Gasteiger partial charge in [-0.1, -0.05) is 0 Å². The molecule has 0 spiro atoms. The molecule has 8 nitrogen and oxygen atoms in total. The number of carbonyl (C=O) groups is 2. The fraction of sp³-hybridized carbons (Fsp3) is 0.688. The van der Waals surface area contributed by atoms with Crippen LogP contribution in [0.3, 0.4) is 0 Å². The van der Waals surface area contributed by atoms with Gasteiger partial charge in [0.2, 0.25) is 5.91 Å². The Morgan fingerprint density at radius 2 is 2.12 bits per heavy atom. The lowest BCUT2D eigenvalue weighted by Gasteiger charge is -2.33. The molecule has 1 fully saturated rings. The first-order valence-electron chi connectivity index (χ1n) is 8.68. The van der Waals surface area contributed by atoms with Crippen LogP contribution in [0.5, 0.6) is 0 Å². The number of amides is 2. The van der Waals surface area contributed by atoms with Crippen molar-refractivity contribution in [2.75, 3.05) is 45.9 Å². The van der Waals surface area contributed by atoms with Crippen molar-refractivity contribution in [1.29, 1.82) is 0 Å². The van der Waals surface area contributed by atoms with E-state index in [-0.39, 0.29) is 25.0 Å². The van der Waals surface area contributed by atoms with Crippen LogP contribution >= 0.6 is 11.3 Å². The smallest absolute Gasteiger partial charge is 0.282 e. The first-order valence-corrected chi connectivity index (χ1v) is 9.49. The summed E-state index contributed by atoms with van der Waals surface area (Å²) in [4.78, 5) is 34.0. The van der Waals surface area contributed by atoms with E-state index in [1.54, 1.807) is 0 Å². The van der Waals surface area contributed by atoms with Gasteiger partial charge in [-0.2, -0.15) is 0 Å². The van der Waals surface area contributed by atoms with Crippen LogP contribution < -0.4 is 10.6 Å². The molecular weight excluding hydrogens is 342 g/mol. The minimum absolute atomic E-state index is 0.00330. The van der Waals surface area contributed by atoms with E-state index >= 15 is 0 Å². The summed E-state index contributed by atoms with van der Waals surface area (Å²) in [5.41, 5.74) is 1.05. The Labute approximate surface area is 151 Å². The third kappa shape index (κ3) is 4.55. The summed E-state index contributed by atoms with van der Waals surface area (Å²) in [7, 11) is 0. The maximum absolute atomic E-state index is 12.7. The van der Waals surface area contributed by atoms with E-state index in [2.05, 4.69) is 22.5 Å². The average Bonchev–Trinajstić information content (AvgIpc) is 3.03. The van der Waals surface area contributed by atoms with Crippen LogP contribution in [-0.4, -0.2) is 83.6 Å². The number of aliphatic hydroxyl groups excluding tert-OH is 1. The molecule has 1 aromatic heterocycles. The van der Waals surface area contributed by atoms with Crippen molar-refractivity contribution in [3.8, 4) is 0 Å². The number of nitrogens with zero attached hydrogens (tertiary/aromatic N) is 3. The number of carbonyl (C=O) groups excluding carboxylic acids is 2. The molecule has 1 saturated heterocycles. The number of hydrogen-bond donors (Lipinski definition) is 3. The molecule has 2 aliphatic rings. The van der Waals surface area contributed by atoms with Gasteiger partial charge >= 0.3 is 0 Å². The van der Waals surface area contributed by atoms with Gasteiger partial charge in [0.05, 0.1) is 18.8 Å². The summed E-state index contributed by atoms with van der Waals surface area (Å²) in [6.45, 7) is 5.98. The third-order valence-electron chi connectivity index (χ3n) is 4.53. The van der Waals surface area contributed by atoms with Crippen molar-refractivity contribution in [3.63, 3.8) is 0 Å². The number of nitrogens with one attached hydrogen (secondary N) is 2. The SMILES string of the molecule is CC1Cc2nc(C(=O)N3CCN(CC(=O)NCCO)CC3)sc2CN1. The first-order chi connectivity index (χ1) is 12.1. The Morgan fingerprint density at radius 3 is 2.84 bits per heavy atom. The average molecular weight is 367 g/mol. The van der Waals surface area contributed by atoms with Gasteiger partial charge in [0.25, 0.3) is 5.91 Å². The highest BCUT2D eigenvalue weighted by Gasteiger charge is 2.27. The molecule has 0 aromatic carbocycles. The van der Waals surface area contributed by atoms with Crippen LogP contribution in [0, 0.1) is 0 Å². The molecule has 3 N–H and O–H groups in total. The van der Waals surface area contributed by atoms with Crippen LogP contribution in [-0.2, 0) is 17.8 Å². The van der Waals surface area contributed by atoms with Crippen molar-refractivity contribution in [2.24, 2.45) is 0 Å². The van der Waals surface area contributed by atoms with Crippen molar-refractivity contribution >= 4 is 23.2 Å². The van der Waals surface area contributed by atoms with Gasteiger partial charge in [0.15, 0.2) is 5.01 Å². The molecule has 0 saturated carbocycles. The molecular formula is C16H25N5O3S. The molecule has 0 bridgehead atoms. The van der Waals surface area contributed by atoms with Crippen molar-refractivity contribution in [1.82, 2.24) is 25.4 Å². The molecule has 2 aliphatic heterocycles. The summed E-state index contributed by atoms with van der Waals surface area (Å²) < 4.78 is 0. The van der Waals surface area contributed by atoms with Gasteiger partial charge in [-0.15, -0.1) is 11.3 Å². The fourth-order valence-corrected chi connectivity index (χ4v) is 4.11. The van der Waals surface area contributed by atoms with E-state index in [1.807, 2.05) is 9.80 Å². The molecule has 25 heavy (non-hydrogen) atoms. The van der Waals surface area contributed by atoms with Crippen molar-refractivity contribution < 1.29 is 14.7 Å². The molecule has 1 unspecified atom stereocenters. The Balaban J connectivity index is 1.51. The predicted molar refractivity (Wildman–Crippen MR) is 94.6 cm³/mol. The number of fused-ring (bicyclic) bond motifs is 1. The number of rotatable bonds is 5. The molecule has 138 valence electrons. The topological polar surface area (TPSA) is 97.8 Å². The molecule has 3 rings (SSSR count). The summed E-state index contributed by atoms with van der Waals surface area (Å²) >= 11 is 1.49. The highest BCUT2D eigenvalue weighted by atomic mass is 32.1. The highest BCUT2D eigenvalue weighted by molar-refractivity contribution is 7.13. The van der Waals surface area contributed by atoms with Crippen LogP contribution in [0.25, 0.3) is 0 Å². The van der Waals surface area contributed by atoms with Crippen LogP contribution in [0.15, 0.2) is 0 Å². The molecule has 2 amide bonds. The van der Waals surface area contributed by atoms with Gasteiger partial charge < -0.3 is 20.6 Å². The number of piperazine rings is 1. The molecule has 1 atom stereocenters. The summed E-state index contributed by atoms with van der Waals surface area (Å²) in [5.74, 6) is -0.0977. The van der Waals surface area contributed by atoms with Gasteiger partial charge in [-0.3, -0.25) is 14.5 Å². The van der Waals surface area contributed by atoms with Gasteiger partial charge in [-0.05, 0) is 6.92 Å². The quantitative estimate of drug-likeness (QED) is 0.620. The Hall–Kier alpha value is -1.55. The zero-order valence-electron chi connectivity index (χ0n) is 14.5. The fourth-order valence-electron chi connectivity index (χ4n) is 3.10. The van der Waals surface area contributed by atoms with E-state index in [0.29, 0.717) is 43.8 Å². The molecule has 0 aliphatic carbocycles. The van der Waals surface area contributed by atoms with Crippen molar-refractivity contribution in [2.45, 2.75) is 25.9 Å². The van der Waals surface area contributed by atoms with E-state index in [1.165, 1.54) is 16.2 Å².